The average molecular weight is 589 g/mol. The number of methoxy groups -OCH3 is 2. The van der Waals surface area contributed by atoms with Gasteiger partial charge in [-0.1, -0.05) is 42.5 Å². The largest absolute Gasteiger partial charge is 0.496 e. The van der Waals surface area contributed by atoms with Crippen molar-refractivity contribution in [3.63, 3.8) is 0 Å². The molecular formula is C36H48N2O5. The van der Waals surface area contributed by atoms with Crippen LogP contribution in [0.15, 0.2) is 66.7 Å². The van der Waals surface area contributed by atoms with Gasteiger partial charge < -0.3 is 33.9 Å². The number of rotatable bonds is 16. The first-order chi connectivity index (χ1) is 21.2. The van der Waals surface area contributed by atoms with Gasteiger partial charge in [0.05, 0.1) is 33.0 Å². The molecule has 0 saturated carbocycles. The third-order valence-electron chi connectivity index (χ3n) is 8.54. The van der Waals surface area contributed by atoms with Crippen LogP contribution >= 0.6 is 0 Å². The molecule has 0 radical (unpaired) electrons. The van der Waals surface area contributed by atoms with E-state index in [0.717, 1.165) is 75.5 Å². The molecule has 2 aliphatic heterocycles. The van der Waals surface area contributed by atoms with Gasteiger partial charge in [0.15, 0.2) is 0 Å². The molecule has 0 spiro atoms. The number of hydrogen-bond acceptors (Lipinski definition) is 7. The highest BCUT2D eigenvalue weighted by Gasteiger charge is 2.27. The second-order valence-electron chi connectivity index (χ2n) is 11.4. The van der Waals surface area contributed by atoms with Gasteiger partial charge in [0, 0.05) is 45.0 Å². The van der Waals surface area contributed by atoms with Crippen molar-refractivity contribution in [2.24, 2.45) is 0 Å². The van der Waals surface area contributed by atoms with Crippen LogP contribution in [0.5, 0.6) is 11.5 Å². The minimum atomic E-state index is 0.131. The predicted octanol–water partition coefficient (Wildman–Crippen LogP) is 5.78. The molecule has 7 nitrogen and oxygen atoms in total. The number of piperidine rings is 1. The number of benzene rings is 3. The number of aryl methyl sites for hydroxylation is 1. The summed E-state index contributed by atoms with van der Waals surface area (Å²) in [6.45, 7) is 7.16. The molecular weight excluding hydrogens is 540 g/mol. The standard InChI is InChI=1S/C36H48N2O5/c1-39-21-6-20-38-19-5-8-30-11-10-28(25-34(30)38)27-43-36-26-37-18-16-33(36)29-12-14-32(15-13-29)42-24-23-41-22-17-31-7-3-4-9-35(31)40-2/h3-4,7,9-15,25,33,36-37H,5-6,8,16-24,26-27H2,1-2H3. The second-order valence-corrected chi connectivity index (χ2v) is 11.4. The van der Waals surface area contributed by atoms with Gasteiger partial charge in [-0.15, -0.1) is 0 Å². The highest BCUT2D eigenvalue weighted by Crippen LogP contribution is 2.32. The maximum absolute atomic E-state index is 6.58. The topological polar surface area (TPSA) is 61.4 Å². The van der Waals surface area contributed by atoms with Crippen LogP contribution in [0.3, 0.4) is 0 Å². The van der Waals surface area contributed by atoms with Gasteiger partial charge in [0.2, 0.25) is 0 Å². The SMILES string of the molecule is COCCCN1CCCc2ccc(COC3CNCCC3c3ccc(OCCOCCc4ccccc4OC)cc3)cc21. The molecule has 3 aromatic rings. The Morgan fingerprint density at radius 3 is 2.67 bits per heavy atom. The number of hydrogen-bond donors (Lipinski definition) is 1. The Bertz CT molecular complexity index is 1250. The van der Waals surface area contributed by atoms with E-state index in [4.69, 9.17) is 23.7 Å². The van der Waals surface area contributed by atoms with E-state index in [0.29, 0.717) is 32.3 Å². The zero-order chi connectivity index (χ0) is 29.7. The van der Waals surface area contributed by atoms with Crippen molar-refractivity contribution in [2.75, 3.05) is 71.7 Å². The van der Waals surface area contributed by atoms with Crippen LogP contribution in [0.2, 0.25) is 0 Å². The summed E-state index contributed by atoms with van der Waals surface area (Å²) >= 11 is 0. The Labute approximate surface area is 257 Å². The van der Waals surface area contributed by atoms with Crippen LogP contribution < -0.4 is 19.7 Å². The maximum Gasteiger partial charge on any atom is 0.122 e. The van der Waals surface area contributed by atoms with E-state index in [2.05, 4.69) is 58.7 Å². The Morgan fingerprint density at radius 1 is 0.930 bits per heavy atom. The fourth-order valence-corrected chi connectivity index (χ4v) is 6.23. The van der Waals surface area contributed by atoms with Gasteiger partial charge in [-0.05, 0) is 85.2 Å². The quantitative estimate of drug-likeness (QED) is 0.213. The smallest absolute Gasteiger partial charge is 0.122 e. The summed E-state index contributed by atoms with van der Waals surface area (Å²) in [5.74, 6) is 2.13. The minimum absolute atomic E-state index is 0.131. The number of para-hydroxylation sites is 1. The molecule has 7 heteroatoms. The first-order valence-electron chi connectivity index (χ1n) is 15.9. The first-order valence-corrected chi connectivity index (χ1v) is 15.9. The predicted molar refractivity (Wildman–Crippen MR) is 172 cm³/mol. The van der Waals surface area contributed by atoms with E-state index in [1.807, 2.05) is 18.2 Å². The molecule has 5 rings (SSSR count). The number of nitrogens with one attached hydrogen (secondary N) is 1. The average Bonchev–Trinajstić information content (AvgIpc) is 3.06. The van der Waals surface area contributed by atoms with Crippen molar-refractivity contribution in [1.29, 1.82) is 0 Å². The summed E-state index contributed by atoms with van der Waals surface area (Å²) < 4.78 is 29.0. The highest BCUT2D eigenvalue weighted by atomic mass is 16.5. The van der Waals surface area contributed by atoms with Crippen molar-refractivity contribution in [3.8, 4) is 11.5 Å². The minimum Gasteiger partial charge on any atom is -0.496 e. The molecule has 1 fully saturated rings. The van der Waals surface area contributed by atoms with Gasteiger partial charge in [0.1, 0.15) is 18.1 Å². The molecule has 0 bridgehead atoms. The lowest BCUT2D eigenvalue weighted by Crippen LogP contribution is -2.41. The van der Waals surface area contributed by atoms with E-state index in [-0.39, 0.29) is 6.10 Å². The van der Waals surface area contributed by atoms with Gasteiger partial charge in [-0.25, -0.2) is 0 Å². The molecule has 1 N–H and O–H groups in total. The molecule has 0 aliphatic carbocycles. The normalized spacial score (nSPS) is 18.3. The monoisotopic (exact) mass is 588 g/mol. The van der Waals surface area contributed by atoms with Crippen LogP contribution in [-0.4, -0.2) is 72.9 Å². The van der Waals surface area contributed by atoms with Crippen molar-refractivity contribution in [3.05, 3.63) is 89.0 Å². The summed E-state index contributed by atoms with van der Waals surface area (Å²) in [5.41, 5.74) is 6.53. The van der Waals surface area contributed by atoms with Gasteiger partial charge in [0.25, 0.3) is 0 Å². The summed E-state index contributed by atoms with van der Waals surface area (Å²) in [7, 11) is 3.48. The van der Waals surface area contributed by atoms with Crippen molar-refractivity contribution >= 4 is 5.69 Å². The third kappa shape index (κ3) is 8.96. The second kappa shape index (κ2) is 16.7. The number of fused-ring (bicyclic) bond motifs is 1. The Hall–Kier alpha value is -3.10. The lowest BCUT2D eigenvalue weighted by atomic mass is 9.87. The molecule has 2 aliphatic rings. The van der Waals surface area contributed by atoms with E-state index in [9.17, 15) is 0 Å². The summed E-state index contributed by atoms with van der Waals surface area (Å²) in [4.78, 5) is 2.52. The van der Waals surface area contributed by atoms with Crippen LogP contribution in [0.4, 0.5) is 5.69 Å². The summed E-state index contributed by atoms with van der Waals surface area (Å²) in [6, 6.07) is 23.5. The molecule has 3 aromatic carbocycles. The first kappa shape index (κ1) is 31.3. The molecule has 43 heavy (non-hydrogen) atoms. The van der Waals surface area contributed by atoms with E-state index < -0.39 is 0 Å². The molecule has 2 atom stereocenters. The van der Waals surface area contributed by atoms with Crippen LogP contribution in [0.1, 0.15) is 47.4 Å². The van der Waals surface area contributed by atoms with Gasteiger partial charge >= 0.3 is 0 Å². The molecule has 2 heterocycles. The molecule has 1 saturated heterocycles. The third-order valence-corrected chi connectivity index (χ3v) is 8.54. The number of nitrogens with zero attached hydrogens (tertiary/aromatic N) is 1. The van der Waals surface area contributed by atoms with Gasteiger partial charge in [-0.3, -0.25) is 0 Å². The van der Waals surface area contributed by atoms with Crippen molar-refractivity contribution < 1.29 is 23.7 Å². The number of anilines is 1. The molecule has 232 valence electrons. The highest BCUT2D eigenvalue weighted by molar-refractivity contribution is 5.57. The lowest BCUT2D eigenvalue weighted by Gasteiger charge is -2.33. The number of ether oxygens (including phenoxy) is 5. The Morgan fingerprint density at radius 2 is 1.81 bits per heavy atom. The zero-order valence-electron chi connectivity index (χ0n) is 25.9. The van der Waals surface area contributed by atoms with Crippen molar-refractivity contribution in [1.82, 2.24) is 5.32 Å². The van der Waals surface area contributed by atoms with Gasteiger partial charge in [-0.2, -0.15) is 0 Å². The van der Waals surface area contributed by atoms with E-state index in [1.54, 1.807) is 14.2 Å². The molecule has 0 amide bonds. The van der Waals surface area contributed by atoms with Crippen LogP contribution in [-0.2, 0) is 33.7 Å². The fraction of sp³-hybridized carbons (Fsp3) is 0.500. The summed E-state index contributed by atoms with van der Waals surface area (Å²) in [5, 5.41) is 3.54. The lowest BCUT2D eigenvalue weighted by molar-refractivity contribution is 0.0106. The van der Waals surface area contributed by atoms with E-state index in [1.165, 1.54) is 28.8 Å². The summed E-state index contributed by atoms with van der Waals surface area (Å²) in [6.07, 6.45) is 5.43. The molecule has 2 unspecified atom stereocenters. The van der Waals surface area contributed by atoms with E-state index >= 15 is 0 Å². The molecule has 0 aromatic heterocycles. The Kier molecular flexibility index (Phi) is 12.1. The van der Waals surface area contributed by atoms with Crippen LogP contribution in [0.25, 0.3) is 0 Å². The fourth-order valence-electron chi connectivity index (χ4n) is 6.23. The zero-order valence-corrected chi connectivity index (χ0v) is 25.9. The maximum atomic E-state index is 6.58. The Balaban J connectivity index is 1.08. The van der Waals surface area contributed by atoms with Crippen molar-refractivity contribution in [2.45, 2.75) is 50.7 Å². The van der Waals surface area contributed by atoms with Crippen LogP contribution in [0, 0.1) is 0 Å².